The molecule has 0 aliphatic rings. The van der Waals surface area contributed by atoms with Crippen LogP contribution in [-0.2, 0) is 30.4 Å². The van der Waals surface area contributed by atoms with Crippen LogP contribution in [0.2, 0.25) is 0 Å². The lowest BCUT2D eigenvalue weighted by atomic mass is 10.0. The topological polar surface area (TPSA) is 224 Å². The first-order valence-electron chi connectivity index (χ1n) is 11.4. The zero-order valence-electron chi connectivity index (χ0n) is 20.0. The Morgan fingerprint density at radius 3 is 2.24 bits per heavy atom. The van der Waals surface area contributed by atoms with Crippen molar-refractivity contribution in [2.45, 2.75) is 56.5 Å². The maximum Gasteiger partial charge on any atom is 0.327 e. The summed E-state index contributed by atoms with van der Waals surface area (Å²) in [5, 5.41) is 36.0. The van der Waals surface area contributed by atoms with Gasteiger partial charge < -0.3 is 42.0 Å². The maximum atomic E-state index is 13.1. The Morgan fingerprint density at radius 2 is 1.65 bits per heavy atom. The Bertz CT molecular complexity index is 1140. The number of hydrogen-bond donors (Lipinski definition) is 9. The fourth-order valence-electron chi connectivity index (χ4n) is 3.52. The predicted octanol–water partition coefficient (Wildman–Crippen LogP) is -1.25. The Hall–Kier alpha value is -3.62. The van der Waals surface area contributed by atoms with Gasteiger partial charge in [0, 0.05) is 35.7 Å². The maximum absolute atomic E-state index is 13.1. The van der Waals surface area contributed by atoms with E-state index in [9.17, 15) is 34.2 Å². The molecule has 2 aromatic rings. The minimum absolute atomic E-state index is 0.0426. The average Bonchev–Trinajstić information content (AvgIpc) is 3.25. The minimum Gasteiger partial charge on any atom is -0.481 e. The van der Waals surface area contributed by atoms with Gasteiger partial charge in [0.05, 0.1) is 12.1 Å². The summed E-state index contributed by atoms with van der Waals surface area (Å²) in [5.74, 6) is -5.26. The van der Waals surface area contributed by atoms with Gasteiger partial charge in [0.15, 0.2) is 0 Å². The van der Waals surface area contributed by atoms with Crippen molar-refractivity contribution in [3.8, 4) is 0 Å². The van der Waals surface area contributed by atoms with Crippen LogP contribution in [0, 0.1) is 0 Å². The molecule has 14 heteroatoms. The molecule has 5 unspecified atom stereocenters. The highest BCUT2D eigenvalue weighted by molar-refractivity contribution is 7.80. The normalized spacial score (nSPS) is 15.1. The number of thiol groups is 1. The smallest absolute Gasteiger partial charge is 0.327 e. The number of H-pyrrole nitrogens is 1. The number of carboxylic acids is 2. The number of rotatable bonds is 14. The highest BCUT2D eigenvalue weighted by Crippen LogP contribution is 2.19. The molecule has 1 heterocycles. The summed E-state index contributed by atoms with van der Waals surface area (Å²) in [6.45, 7) is 1.24. The number of benzene rings is 1. The van der Waals surface area contributed by atoms with Gasteiger partial charge in [-0.3, -0.25) is 19.2 Å². The number of nitrogens with two attached hydrogens (primary N) is 1. The summed E-state index contributed by atoms with van der Waals surface area (Å²) in [7, 11) is 0. The van der Waals surface area contributed by atoms with Gasteiger partial charge in [0.1, 0.15) is 18.1 Å². The molecule has 0 spiro atoms. The number of aliphatic hydroxyl groups is 1. The molecule has 2 rings (SSSR count). The second-order valence-electron chi connectivity index (χ2n) is 8.47. The standard InChI is InChI=1S/C23H31N5O8S/c1-11(29)19(28-20(32)14(24)6-7-18(30)31)22(34)26-16(21(33)27-17(10-37)23(35)36)8-12-9-25-15-5-3-2-4-13(12)15/h2-5,9,11,14,16-17,19,25,29,37H,6-8,10,24H2,1H3,(H,26,34)(H,27,33)(H,28,32)(H,30,31)(H,35,36). The molecule has 1 aromatic carbocycles. The lowest BCUT2D eigenvalue weighted by Crippen LogP contribution is -2.60. The molecular weight excluding hydrogens is 506 g/mol. The van der Waals surface area contributed by atoms with Gasteiger partial charge in [0.25, 0.3) is 0 Å². The van der Waals surface area contributed by atoms with Crippen LogP contribution in [0.1, 0.15) is 25.3 Å². The van der Waals surface area contributed by atoms with E-state index in [0.29, 0.717) is 5.56 Å². The van der Waals surface area contributed by atoms with Crippen molar-refractivity contribution in [2.24, 2.45) is 5.73 Å². The lowest BCUT2D eigenvalue weighted by Gasteiger charge is -2.26. The molecule has 202 valence electrons. The monoisotopic (exact) mass is 537 g/mol. The van der Waals surface area contributed by atoms with Crippen LogP contribution in [0.15, 0.2) is 30.5 Å². The highest BCUT2D eigenvalue weighted by atomic mass is 32.1. The molecule has 0 saturated carbocycles. The van der Waals surface area contributed by atoms with Crippen LogP contribution in [0.5, 0.6) is 0 Å². The van der Waals surface area contributed by atoms with Gasteiger partial charge in [-0.2, -0.15) is 12.6 Å². The summed E-state index contributed by atoms with van der Waals surface area (Å²) in [6.07, 6.45) is -0.361. The first-order valence-corrected chi connectivity index (χ1v) is 12.0. The average molecular weight is 538 g/mol. The molecule has 13 nitrogen and oxygen atoms in total. The highest BCUT2D eigenvalue weighted by Gasteiger charge is 2.32. The Labute approximate surface area is 217 Å². The Balaban J connectivity index is 2.25. The van der Waals surface area contributed by atoms with Crippen LogP contribution in [0.25, 0.3) is 10.9 Å². The minimum atomic E-state index is -1.53. The number of carboxylic acid groups (broad SMARTS) is 2. The number of para-hydroxylation sites is 1. The summed E-state index contributed by atoms with van der Waals surface area (Å²) < 4.78 is 0. The van der Waals surface area contributed by atoms with E-state index in [0.717, 1.165) is 10.9 Å². The van der Waals surface area contributed by atoms with E-state index in [4.69, 9.17) is 10.8 Å². The fourth-order valence-corrected chi connectivity index (χ4v) is 3.77. The third-order valence-corrected chi connectivity index (χ3v) is 5.96. The number of carbonyl (C=O) groups is 5. The molecule has 9 N–H and O–H groups in total. The van der Waals surface area contributed by atoms with Crippen LogP contribution >= 0.6 is 12.6 Å². The number of fused-ring (bicyclic) bond motifs is 1. The van der Waals surface area contributed by atoms with Gasteiger partial charge >= 0.3 is 11.9 Å². The fraction of sp³-hybridized carbons (Fsp3) is 0.435. The molecule has 0 bridgehead atoms. The zero-order chi connectivity index (χ0) is 27.7. The van der Waals surface area contributed by atoms with E-state index < -0.39 is 59.9 Å². The third-order valence-electron chi connectivity index (χ3n) is 5.60. The number of aliphatic carboxylic acids is 2. The van der Waals surface area contributed by atoms with Crippen molar-refractivity contribution in [2.75, 3.05) is 5.75 Å². The molecule has 0 radical (unpaired) electrons. The number of carbonyl (C=O) groups excluding carboxylic acids is 3. The van der Waals surface area contributed by atoms with Gasteiger partial charge in [0.2, 0.25) is 17.7 Å². The summed E-state index contributed by atoms with van der Waals surface area (Å²) >= 11 is 3.93. The molecule has 1 aromatic heterocycles. The second kappa shape index (κ2) is 13.6. The molecule has 3 amide bonds. The van der Waals surface area contributed by atoms with E-state index in [2.05, 4.69) is 33.6 Å². The third kappa shape index (κ3) is 8.48. The van der Waals surface area contributed by atoms with Crippen molar-refractivity contribution in [3.63, 3.8) is 0 Å². The number of aliphatic hydroxyl groups excluding tert-OH is 1. The predicted molar refractivity (Wildman–Crippen MR) is 136 cm³/mol. The first kappa shape index (κ1) is 29.6. The van der Waals surface area contributed by atoms with E-state index in [1.54, 1.807) is 12.3 Å². The Kier molecular flexibility index (Phi) is 10.9. The van der Waals surface area contributed by atoms with Crippen molar-refractivity contribution < 1.29 is 39.3 Å². The largest absolute Gasteiger partial charge is 0.481 e. The SMILES string of the molecule is CC(O)C(NC(=O)C(N)CCC(=O)O)C(=O)NC(Cc1c[nH]c2ccccc12)C(=O)NC(CS)C(=O)O. The first-order chi connectivity index (χ1) is 17.4. The molecule has 37 heavy (non-hydrogen) atoms. The van der Waals surface area contributed by atoms with Crippen LogP contribution in [0.4, 0.5) is 0 Å². The van der Waals surface area contributed by atoms with E-state index in [-0.39, 0.29) is 25.0 Å². The van der Waals surface area contributed by atoms with E-state index in [1.807, 2.05) is 18.2 Å². The summed E-state index contributed by atoms with van der Waals surface area (Å²) in [4.78, 5) is 63.6. The van der Waals surface area contributed by atoms with Gasteiger partial charge in [-0.05, 0) is 25.0 Å². The second-order valence-corrected chi connectivity index (χ2v) is 8.84. The molecule has 0 aliphatic heterocycles. The zero-order valence-corrected chi connectivity index (χ0v) is 20.9. The van der Waals surface area contributed by atoms with Crippen molar-refractivity contribution in [1.82, 2.24) is 20.9 Å². The molecule has 0 aliphatic carbocycles. The van der Waals surface area contributed by atoms with Crippen molar-refractivity contribution >= 4 is 53.2 Å². The molecule has 0 fully saturated rings. The van der Waals surface area contributed by atoms with Crippen LogP contribution in [-0.4, -0.2) is 86.0 Å². The number of nitrogens with one attached hydrogen (secondary N) is 4. The molecule has 0 saturated heterocycles. The summed E-state index contributed by atoms with van der Waals surface area (Å²) in [5.41, 5.74) is 7.12. The Morgan fingerprint density at radius 1 is 1.00 bits per heavy atom. The quantitative estimate of drug-likeness (QED) is 0.131. The van der Waals surface area contributed by atoms with Crippen molar-refractivity contribution in [3.05, 3.63) is 36.0 Å². The van der Waals surface area contributed by atoms with Gasteiger partial charge in [-0.15, -0.1) is 0 Å². The molecular formula is C23H31N5O8S. The molecule has 5 atom stereocenters. The van der Waals surface area contributed by atoms with Gasteiger partial charge in [-0.1, -0.05) is 18.2 Å². The van der Waals surface area contributed by atoms with Gasteiger partial charge in [-0.25, -0.2) is 4.79 Å². The number of hydrogen-bond acceptors (Lipinski definition) is 8. The van der Waals surface area contributed by atoms with Crippen LogP contribution in [0.3, 0.4) is 0 Å². The number of amides is 3. The number of aromatic nitrogens is 1. The number of aromatic amines is 1. The summed E-state index contributed by atoms with van der Waals surface area (Å²) in [6, 6.07) is 1.86. The van der Waals surface area contributed by atoms with Crippen LogP contribution < -0.4 is 21.7 Å². The lowest BCUT2D eigenvalue weighted by molar-refractivity contribution is -0.142. The van der Waals surface area contributed by atoms with Crippen molar-refractivity contribution in [1.29, 1.82) is 0 Å². The van der Waals surface area contributed by atoms with E-state index in [1.165, 1.54) is 6.92 Å². The van der Waals surface area contributed by atoms with E-state index >= 15 is 0 Å².